The second kappa shape index (κ2) is 18.4. The van der Waals surface area contributed by atoms with Crippen molar-refractivity contribution < 1.29 is 45.0 Å². The Morgan fingerprint density at radius 2 is 1.65 bits per heavy atom. The van der Waals surface area contributed by atoms with Crippen LogP contribution in [0.25, 0.3) is 22.2 Å². The molecule has 0 fully saturated rings. The van der Waals surface area contributed by atoms with Crippen LogP contribution in [0, 0.1) is 29.9 Å². The first-order valence-corrected chi connectivity index (χ1v) is 24.1. The van der Waals surface area contributed by atoms with Crippen molar-refractivity contribution >= 4 is 52.7 Å². The summed E-state index contributed by atoms with van der Waals surface area (Å²) < 4.78 is 97.8. The van der Waals surface area contributed by atoms with Crippen LogP contribution in [0.15, 0.2) is 107 Å². The lowest BCUT2D eigenvalue weighted by molar-refractivity contribution is -0.144. The minimum Gasteiger partial charge on any atom is -0.469 e. The van der Waals surface area contributed by atoms with Crippen LogP contribution in [0.1, 0.15) is 63.6 Å². The molecular weight excluding hydrogens is 905 g/mol. The molecule has 0 aliphatic rings. The number of aliphatic hydroxyl groups excluding tert-OH is 1. The zero-order chi connectivity index (χ0) is 45.2. The zero-order valence-corrected chi connectivity index (χ0v) is 38.6. The fourth-order valence-corrected chi connectivity index (χ4v) is 11.5. The van der Waals surface area contributed by atoms with E-state index < -0.39 is 55.0 Å². The molecule has 2 heterocycles. The maximum Gasteiger partial charge on any atom is 0.308 e. The second-order valence-electron chi connectivity index (χ2n) is 16.7. The van der Waals surface area contributed by atoms with Crippen LogP contribution < -0.4 is 4.74 Å². The molecule has 11 nitrogen and oxygen atoms in total. The van der Waals surface area contributed by atoms with E-state index >= 15 is 8.78 Å². The number of hydrogen-bond donors (Lipinski definition) is 1. The van der Waals surface area contributed by atoms with Crippen molar-refractivity contribution in [3.8, 4) is 22.8 Å². The summed E-state index contributed by atoms with van der Waals surface area (Å²) in [6, 6.07) is 22.3. The lowest BCUT2D eigenvalue weighted by atomic mass is 9.82. The molecule has 6 rings (SSSR count). The molecule has 0 bridgehead atoms. The summed E-state index contributed by atoms with van der Waals surface area (Å²) in [4.78, 5) is 12.3. The third-order valence-corrected chi connectivity index (χ3v) is 15.7. The van der Waals surface area contributed by atoms with Crippen LogP contribution in [-0.2, 0) is 41.4 Å². The van der Waals surface area contributed by atoms with Crippen molar-refractivity contribution in [2.24, 2.45) is 11.3 Å². The molecule has 2 aromatic heterocycles. The minimum atomic E-state index is -4.05. The zero-order valence-electron chi connectivity index (χ0n) is 35.4. The van der Waals surface area contributed by atoms with Gasteiger partial charge in [-0.15, -0.1) is 0 Å². The quantitative estimate of drug-likeness (QED) is 0.0833. The SMILES string of the molecule is COC(=O)[C@H](C)Cc1cccc(C(C)(CCCC(C)(C)CS(=O)(=O)CCO)n2ccc(-c3cc(Oc4c(F)cc5c(ccn5S(=O)(=O)c5ccc(C)cc5)c4Br)ccc3F)n2)c1. The number of esters is 1. The largest absolute Gasteiger partial charge is 0.469 e. The average Bonchev–Trinajstić information content (AvgIpc) is 3.88. The third kappa shape index (κ3) is 10.1. The molecule has 1 unspecified atom stereocenters. The van der Waals surface area contributed by atoms with Crippen LogP contribution in [0.4, 0.5) is 8.78 Å². The van der Waals surface area contributed by atoms with E-state index in [0.717, 1.165) is 26.7 Å². The molecule has 0 radical (unpaired) electrons. The normalized spacial score (nSPS) is 13.8. The summed E-state index contributed by atoms with van der Waals surface area (Å²) in [5.41, 5.74) is 1.65. The molecule has 62 heavy (non-hydrogen) atoms. The van der Waals surface area contributed by atoms with Gasteiger partial charge in [0.05, 0.1) is 57.3 Å². The molecule has 0 amide bonds. The average molecular weight is 955 g/mol. The predicted octanol–water partition coefficient (Wildman–Crippen LogP) is 9.60. The van der Waals surface area contributed by atoms with Gasteiger partial charge in [0.1, 0.15) is 11.6 Å². The summed E-state index contributed by atoms with van der Waals surface area (Å²) in [5, 5.41) is 14.5. The van der Waals surface area contributed by atoms with Crippen molar-refractivity contribution in [3.05, 3.63) is 130 Å². The summed E-state index contributed by atoms with van der Waals surface area (Å²) >= 11 is 3.42. The first-order chi connectivity index (χ1) is 29.2. The number of fused-ring (bicyclic) bond motifs is 1. The Hall–Kier alpha value is -4.90. The number of ether oxygens (including phenoxy) is 2. The molecule has 0 spiro atoms. The van der Waals surface area contributed by atoms with Gasteiger partial charge in [-0.25, -0.2) is 29.6 Å². The maximum atomic E-state index is 15.9. The summed E-state index contributed by atoms with van der Waals surface area (Å²) in [7, 11) is -6.17. The number of rotatable bonds is 18. The number of aliphatic hydroxyl groups is 1. The van der Waals surface area contributed by atoms with E-state index in [9.17, 15) is 26.7 Å². The number of aromatic nitrogens is 3. The van der Waals surface area contributed by atoms with E-state index in [0.29, 0.717) is 31.1 Å². The van der Waals surface area contributed by atoms with Crippen molar-refractivity contribution in [1.29, 1.82) is 0 Å². The number of sulfone groups is 1. The van der Waals surface area contributed by atoms with Gasteiger partial charge in [-0.05, 0) is 108 Å². The summed E-state index contributed by atoms with van der Waals surface area (Å²) in [5.74, 6) is -2.72. The van der Waals surface area contributed by atoms with Crippen LogP contribution in [-0.4, -0.2) is 66.9 Å². The first-order valence-electron chi connectivity index (χ1n) is 20.0. The molecule has 4 aromatic carbocycles. The summed E-state index contributed by atoms with van der Waals surface area (Å²) in [6.07, 6.45) is 5.14. The van der Waals surface area contributed by atoms with Crippen LogP contribution in [0.5, 0.6) is 11.5 Å². The second-order valence-corrected chi connectivity index (χ2v) is 21.5. The third-order valence-electron chi connectivity index (χ3n) is 11.1. The number of carbonyl (C=O) groups is 1. The molecule has 0 aliphatic heterocycles. The fraction of sp³-hybridized carbons (Fsp3) is 0.348. The summed E-state index contributed by atoms with van der Waals surface area (Å²) in [6.45, 7) is 8.95. The van der Waals surface area contributed by atoms with Gasteiger partial charge < -0.3 is 14.6 Å². The van der Waals surface area contributed by atoms with Gasteiger partial charge in [-0.1, -0.05) is 69.2 Å². The number of halogens is 3. The molecule has 0 saturated carbocycles. The fourth-order valence-electron chi connectivity index (χ4n) is 7.77. The Morgan fingerprint density at radius 3 is 2.34 bits per heavy atom. The smallest absolute Gasteiger partial charge is 0.308 e. The maximum absolute atomic E-state index is 15.9. The number of carbonyl (C=O) groups excluding carboxylic acids is 1. The predicted molar refractivity (Wildman–Crippen MR) is 239 cm³/mol. The van der Waals surface area contributed by atoms with Gasteiger partial charge in [0.25, 0.3) is 10.0 Å². The number of hydrogen-bond acceptors (Lipinski definition) is 9. The molecule has 0 aliphatic carbocycles. The molecule has 330 valence electrons. The minimum absolute atomic E-state index is 0.0460. The highest BCUT2D eigenvalue weighted by atomic mass is 79.9. The van der Waals surface area contributed by atoms with E-state index in [2.05, 4.69) is 15.9 Å². The Balaban J connectivity index is 1.32. The topological polar surface area (TPSA) is 147 Å². The van der Waals surface area contributed by atoms with Crippen molar-refractivity contribution in [3.63, 3.8) is 0 Å². The van der Waals surface area contributed by atoms with Crippen LogP contribution in [0.3, 0.4) is 0 Å². The number of benzene rings is 4. The Morgan fingerprint density at radius 1 is 0.919 bits per heavy atom. The molecule has 1 N–H and O–H groups in total. The highest BCUT2D eigenvalue weighted by molar-refractivity contribution is 9.10. The van der Waals surface area contributed by atoms with Gasteiger partial charge in [0.2, 0.25) is 0 Å². The Labute approximate surface area is 369 Å². The van der Waals surface area contributed by atoms with Gasteiger partial charge in [-0.2, -0.15) is 5.10 Å². The van der Waals surface area contributed by atoms with Gasteiger partial charge in [-0.3, -0.25) is 9.48 Å². The Kier molecular flexibility index (Phi) is 13.9. The van der Waals surface area contributed by atoms with Crippen LogP contribution >= 0.6 is 15.9 Å². The van der Waals surface area contributed by atoms with Gasteiger partial charge in [0, 0.05) is 29.4 Å². The highest BCUT2D eigenvalue weighted by Crippen LogP contribution is 2.41. The molecule has 0 saturated heterocycles. The van der Waals surface area contributed by atoms with E-state index in [1.165, 1.54) is 49.7 Å². The monoisotopic (exact) mass is 953 g/mol. The molecule has 2 atom stereocenters. The lowest BCUT2D eigenvalue weighted by Crippen LogP contribution is -2.33. The van der Waals surface area contributed by atoms with Crippen molar-refractivity contribution in [2.45, 2.75) is 70.7 Å². The van der Waals surface area contributed by atoms with E-state index in [1.807, 2.05) is 52.0 Å². The number of aryl methyl sites for hydroxylation is 1. The standard InChI is InChI=1S/C46H50BrF2N3O8S2/c1-30-11-14-35(15-12-30)62(57,58)51-21-17-36-41(51)28-39(49)43(42(36)47)60-34-13-16-38(48)37(27-34)40-18-22-52(50-40)46(5,20-8-19-45(3,4)29-61(55,56)24-23-53)33-10-7-9-32(26-33)25-31(2)44(54)59-6/h7,9-18,21-22,26-28,31,53H,8,19-20,23-25,29H2,1-6H3/t31-,46?/m1/s1. The van der Waals surface area contributed by atoms with Crippen molar-refractivity contribution in [1.82, 2.24) is 13.8 Å². The molecular formula is C46H50BrF2N3O8S2. The first kappa shape index (κ1) is 46.6. The number of nitrogens with zero attached hydrogens (tertiary/aromatic N) is 3. The number of methoxy groups -OCH3 is 1. The van der Waals surface area contributed by atoms with Crippen molar-refractivity contribution in [2.75, 3.05) is 25.2 Å². The van der Waals surface area contributed by atoms with Gasteiger partial charge >= 0.3 is 5.97 Å². The van der Waals surface area contributed by atoms with Gasteiger partial charge in [0.15, 0.2) is 21.4 Å². The highest BCUT2D eigenvalue weighted by Gasteiger charge is 2.33. The van der Waals surface area contributed by atoms with E-state index in [1.54, 1.807) is 36.0 Å². The molecule has 6 aromatic rings. The van der Waals surface area contributed by atoms with E-state index in [-0.39, 0.29) is 55.1 Å². The molecule has 16 heteroatoms. The van der Waals surface area contributed by atoms with Crippen LogP contribution in [0.2, 0.25) is 0 Å². The Bertz CT molecular complexity index is 2820. The van der Waals surface area contributed by atoms with E-state index in [4.69, 9.17) is 14.6 Å². The lowest BCUT2D eigenvalue weighted by Gasteiger charge is -2.33.